The summed E-state index contributed by atoms with van der Waals surface area (Å²) in [4.78, 5) is 18.8. The lowest BCUT2D eigenvalue weighted by atomic mass is 9.85. The minimum Gasteiger partial charge on any atom is -0.494 e. The van der Waals surface area contributed by atoms with Crippen molar-refractivity contribution >= 4 is 21.6 Å². The van der Waals surface area contributed by atoms with Gasteiger partial charge in [0.15, 0.2) is 21.5 Å². The molecule has 2 N–H and O–H groups in total. The molecule has 0 saturated heterocycles. The van der Waals surface area contributed by atoms with E-state index >= 15 is 0 Å². The van der Waals surface area contributed by atoms with E-state index in [-0.39, 0.29) is 29.6 Å². The van der Waals surface area contributed by atoms with Crippen LogP contribution in [0.4, 0.5) is 0 Å². The molecule has 1 aliphatic heterocycles. The van der Waals surface area contributed by atoms with Gasteiger partial charge < -0.3 is 14.6 Å². The smallest absolute Gasteiger partial charge is 0.266 e. The monoisotopic (exact) mass is 551 g/mol. The maximum absolute atomic E-state index is 13.8. The zero-order valence-corrected chi connectivity index (χ0v) is 22.8. The number of nitrogens with zero attached hydrogens (tertiary/aromatic N) is 2. The largest absolute Gasteiger partial charge is 0.494 e. The number of aliphatic hydroxyl groups is 1. The first-order valence-corrected chi connectivity index (χ1v) is 14.3. The number of nitrogens with one attached hydrogen (secondary N) is 1. The number of rotatable bonds is 12. The van der Waals surface area contributed by atoms with E-state index in [1.54, 1.807) is 68.7 Å². The molecule has 0 aliphatic carbocycles. The predicted octanol–water partition coefficient (Wildman–Crippen LogP) is 3.16. The number of sulfone groups is 1. The number of ether oxygens (including phenoxy) is 2. The molecule has 1 heterocycles. The zero-order chi connectivity index (χ0) is 27.9. The topological polar surface area (TPSA) is 118 Å². The van der Waals surface area contributed by atoms with Gasteiger partial charge in [0, 0.05) is 39.1 Å². The molecule has 0 spiro atoms. The summed E-state index contributed by atoms with van der Waals surface area (Å²) in [5.74, 6) is 0.0789. The number of amides is 1. The van der Waals surface area contributed by atoms with E-state index in [0.29, 0.717) is 29.9 Å². The van der Waals surface area contributed by atoms with Crippen molar-refractivity contribution in [2.24, 2.45) is 4.99 Å². The van der Waals surface area contributed by atoms with Crippen LogP contribution < -0.4 is 10.2 Å². The Kier molecular flexibility index (Phi) is 9.01. The van der Waals surface area contributed by atoms with E-state index in [1.807, 2.05) is 30.3 Å². The Labute approximate surface area is 229 Å². The third-order valence-electron chi connectivity index (χ3n) is 6.31. The molecule has 0 fully saturated rings. The lowest BCUT2D eigenvalue weighted by Crippen LogP contribution is -2.52. The van der Waals surface area contributed by atoms with Crippen LogP contribution in [0, 0.1) is 0 Å². The van der Waals surface area contributed by atoms with Gasteiger partial charge in [-0.3, -0.25) is 10.2 Å². The molecule has 0 bridgehead atoms. The van der Waals surface area contributed by atoms with Crippen LogP contribution in [0.25, 0.3) is 0 Å². The number of hydrogen-bond acceptors (Lipinski definition) is 8. The van der Waals surface area contributed by atoms with Crippen LogP contribution in [-0.2, 0) is 19.4 Å². The van der Waals surface area contributed by atoms with Gasteiger partial charge in [0.05, 0.1) is 17.3 Å². The average molecular weight is 552 g/mol. The van der Waals surface area contributed by atoms with Crippen LogP contribution in [-0.4, -0.2) is 68.9 Å². The first kappa shape index (κ1) is 28.3. The van der Waals surface area contributed by atoms with Gasteiger partial charge in [0.25, 0.3) is 5.91 Å². The third kappa shape index (κ3) is 6.65. The second-order valence-corrected chi connectivity index (χ2v) is 11.5. The minimum atomic E-state index is -3.71. The molecule has 0 unspecified atom stereocenters. The molecule has 2 atom stereocenters. The molecule has 3 aromatic rings. The highest BCUT2D eigenvalue weighted by molar-refractivity contribution is 7.91. The van der Waals surface area contributed by atoms with Crippen LogP contribution in [0.3, 0.4) is 0 Å². The summed E-state index contributed by atoms with van der Waals surface area (Å²) >= 11 is 0. The molecule has 206 valence electrons. The lowest BCUT2D eigenvalue weighted by Gasteiger charge is -2.31. The van der Waals surface area contributed by atoms with Crippen LogP contribution in [0.1, 0.15) is 30.1 Å². The van der Waals surface area contributed by atoms with E-state index in [0.717, 1.165) is 0 Å². The summed E-state index contributed by atoms with van der Waals surface area (Å²) < 4.78 is 38.5. The fraction of sp³-hybridized carbons (Fsp3) is 0.310. The first-order chi connectivity index (χ1) is 18.7. The minimum absolute atomic E-state index is 0.0424. The zero-order valence-electron chi connectivity index (χ0n) is 22.0. The van der Waals surface area contributed by atoms with E-state index < -0.39 is 27.4 Å². The van der Waals surface area contributed by atoms with Gasteiger partial charge in [-0.15, -0.1) is 0 Å². The predicted molar refractivity (Wildman–Crippen MR) is 148 cm³/mol. The van der Waals surface area contributed by atoms with Gasteiger partial charge in [-0.25, -0.2) is 18.4 Å². The highest BCUT2D eigenvalue weighted by atomic mass is 32.2. The summed E-state index contributed by atoms with van der Waals surface area (Å²) in [6.07, 6.45) is -0.443. The van der Waals surface area contributed by atoms with Gasteiger partial charge in [-0.05, 0) is 42.0 Å². The van der Waals surface area contributed by atoms with Gasteiger partial charge in [-0.1, -0.05) is 48.5 Å². The summed E-state index contributed by atoms with van der Waals surface area (Å²) in [7, 11) is -0.344. The Morgan fingerprint density at radius 1 is 1.03 bits per heavy atom. The Morgan fingerprint density at radius 2 is 1.67 bits per heavy atom. The van der Waals surface area contributed by atoms with Crippen molar-refractivity contribution in [2.75, 3.05) is 33.1 Å². The van der Waals surface area contributed by atoms with Gasteiger partial charge in [0.2, 0.25) is 5.90 Å². The summed E-state index contributed by atoms with van der Waals surface area (Å²) in [5, 5.41) is 10.5. The van der Waals surface area contributed by atoms with Gasteiger partial charge in [-0.2, -0.15) is 0 Å². The molecule has 10 heteroatoms. The number of hydrazine groups is 1. The van der Waals surface area contributed by atoms with Crippen molar-refractivity contribution in [2.45, 2.75) is 29.4 Å². The maximum Gasteiger partial charge on any atom is 0.266 e. The van der Waals surface area contributed by atoms with Crippen molar-refractivity contribution in [3.8, 4) is 5.75 Å². The molecule has 0 saturated carbocycles. The van der Waals surface area contributed by atoms with Crippen LogP contribution in [0.15, 0.2) is 94.8 Å². The highest BCUT2D eigenvalue weighted by Gasteiger charge is 2.53. The fourth-order valence-corrected chi connectivity index (χ4v) is 5.72. The number of benzene rings is 3. The molecule has 1 aliphatic rings. The molecule has 1 amide bonds. The molecular formula is C29H33N3O6S. The van der Waals surface area contributed by atoms with Crippen LogP contribution in [0.5, 0.6) is 5.75 Å². The molecule has 3 aromatic carbocycles. The number of carbonyl (C=O) groups is 1. The molecular weight excluding hydrogens is 518 g/mol. The number of aliphatic hydroxyl groups excluding tert-OH is 1. The number of aliphatic imine (C=N–C) groups is 1. The van der Waals surface area contributed by atoms with Crippen molar-refractivity contribution in [3.05, 3.63) is 96.1 Å². The second-order valence-electron chi connectivity index (χ2n) is 9.42. The lowest BCUT2D eigenvalue weighted by molar-refractivity contribution is -0.133. The third-order valence-corrected chi connectivity index (χ3v) is 8.04. The first-order valence-electron chi connectivity index (χ1n) is 12.7. The molecule has 0 radical (unpaired) electrons. The number of carbonyl (C=O) groups excluding carboxylic acids is 1. The Balaban J connectivity index is 1.74. The highest BCUT2D eigenvalue weighted by Crippen LogP contribution is 2.43. The SMILES string of the molecule is CN(C)NC(=O)[C@@]1(CCS(=O)(=O)c2ccccc2)N=C(c2ccc(OCCCO)cc2)O[C@H]1c1ccccc1. The van der Waals surface area contributed by atoms with E-state index in [1.165, 1.54) is 5.01 Å². The Hall–Kier alpha value is -3.73. The molecule has 0 aromatic heterocycles. The van der Waals surface area contributed by atoms with Gasteiger partial charge >= 0.3 is 0 Å². The average Bonchev–Trinajstić information content (AvgIpc) is 3.34. The van der Waals surface area contributed by atoms with Crippen molar-refractivity contribution < 1.29 is 27.8 Å². The van der Waals surface area contributed by atoms with Crippen LogP contribution >= 0.6 is 0 Å². The normalized spacial score (nSPS) is 18.9. The van der Waals surface area contributed by atoms with E-state index in [9.17, 15) is 13.2 Å². The molecule has 4 rings (SSSR count). The summed E-state index contributed by atoms with van der Waals surface area (Å²) in [5.41, 5.74) is 2.55. The molecule has 39 heavy (non-hydrogen) atoms. The Bertz CT molecular complexity index is 1380. The van der Waals surface area contributed by atoms with E-state index in [2.05, 4.69) is 5.43 Å². The quantitative estimate of drug-likeness (QED) is 0.262. The number of hydrogen-bond donors (Lipinski definition) is 2. The Morgan fingerprint density at radius 3 is 2.28 bits per heavy atom. The summed E-state index contributed by atoms with van der Waals surface area (Å²) in [6.45, 7) is 0.424. The fourth-order valence-electron chi connectivity index (χ4n) is 4.33. The van der Waals surface area contributed by atoms with Crippen LogP contribution in [0.2, 0.25) is 0 Å². The standard InChI is InChI=1S/C29H33N3O6S/c1-32(2)31-28(34)29(18-21-39(35,36)25-12-7-4-8-13-25)26(22-10-5-3-6-11-22)38-27(30-29)23-14-16-24(17-15-23)37-20-9-19-33/h3-8,10-17,26,33H,9,18-21H2,1-2H3,(H,31,34)/t26-,29-/m0/s1. The van der Waals surface area contributed by atoms with Gasteiger partial charge in [0.1, 0.15) is 5.75 Å². The second kappa shape index (κ2) is 12.4. The summed E-state index contributed by atoms with van der Waals surface area (Å²) in [6, 6.07) is 24.4. The maximum atomic E-state index is 13.8. The van der Waals surface area contributed by atoms with Crippen molar-refractivity contribution in [1.29, 1.82) is 0 Å². The molecule has 9 nitrogen and oxygen atoms in total. The van der Waals surface area contributed by atoms with Crippen molar-refractivity contribution in [1.82, 2.24) is 10.4 Å². The van der Waals surface area contributed by atoms with Crippen molar-refractivity contribution in [3.63, 3.8) is 0 Å². The van der Waals surface area contributed by atoms with E-state index in [4.69, 9.17) is 19.6 Å².